The van der Waals surface area contributed by atoms with Gasteiger partial charge in [0.25, 0.3) is 0 Å². The zero-order valence-corrected chi connectivity index (χ0v) is 9.14. The predicted octanol–water partition coefficient (Wildman–Crippen LogP) is 2.50. The first-order valence-electron chi connectivity index (χ1n) is 4.89. The highest BCUT2D eigenvalue weighted by Crippen LogP contribution is 2.28. The van der Waals surface area contributed by atoms with Gasteiger partial charge < -0.3 is 10.8 Å². The summed E-state index contributed by atoms with van der Waals surface area (Å²) < 4.78 is 0. The molecule has 0 unspecified atom stereocenters. The molecular weight excluding hydrogens is 198 g/mol. The van der Waals surface area contributed by atoms with Gasteiger partial charge >= 0.3 is 0 Å². The van der Waals surface area contributed by atoms with Crippen molar-refractivity contribution in [3.05, 3.63) is 28.3 Å². The largest absolute Gasteiger partial charge is 0.507 e. The van der Waals surface area contributed by atoms with Crippen LogP contribution in [0.1, 0.15) is 24.5 Å². The average molecular weight is 214 g/mol. The van der Waals surface area contributed by atoms with Crippen molar-refractivity contribution in [2.75, 3.05) is 6.54 Å². The zero-order valence-electron chi connectivity index (χ0n) is 8.39. The van der Waals surface area contributed by atoms with Crippen molar-refractivity contribution in [2.45, 2.75) is 26.2 Å². The SMILES string of the molecule is CCc1cc(Cl)cc(CCCN)c1O. The molecule has 0 saturated heterocycles. The normalized spacial score (nSPS) is 10.5. The molecule has 0 aromatic heterocycles. The summed E-state index contributed by atoms with van der Waals surface area (Å²) in [7, 11) is 0. The first-order chi connectivity index (χ1) is 6.69. The Morgan fingerprint density at radius 1 is 1.36 bits per heavy atom. The lowest BCUT2D eigenvalue weighted by Gasteiger charge is -2.09. The summed E-state index contributed by atoms with van der Waals surface area (Å²) in [5.41, 5.74) is 7.23. The Hall–Kier alpha value is -0.730. The van der Waals surface area contributed by atoms with Crippen LogP contribution in [0, 0.1) is 0 Å². The summed E-state index contributed by atoms with van der Waals surface area (Å²) in [5.74, 6) is 0.380. The van der Waals surface area contributed by atoms with E-state index >= 15 is 0 Å². The quantitative estimate of drug-likeness (QED) is 0.808. The molecule has 0 fully saturated rings. The first kappa shape index (κ1) is 11.3. The van der Waals surface area contributed by atoms with Crippen molar-refractivity contribution in [1.29, 1.82) is 0 Å². The molecule has 0 saturated carbocycles. The molecule has 0 aliphatic heterocycles. The van der Waals surface area contributed by atoms with E-state index in [1.807, 2.05) is 19.1 Å². The van der Waals surface area contributed by atoms with Crippen LogP contribution in [0.2, 0.25) is 5.02 Å². The number of phenolic OH excluding ortho intramolecular Hbond substituents is 1. The third-order valence-electron chi connectivity index (χ3n) is 2.26. The molecular formula is C11H16ClNO. The van der Waals surface area contributed by atoms with Gasteiger partial charge in [-0.25, -0.2) is 0 Å². The van der Waals surface area contributed by atoms with Crippen LogP contribution < -0.4 is 5.73 Å². The molecule has 1 rings (SSSR count). The second-order valence-corrected chi connectivity index (χ2v) is 3.75. The van der Waals surface area contributed by atoms with E-state index < -0.39 is 0 Å². The number of aryl methyl sites for hydroxylation is 2. The molecule has 0 atom stereocenters. The Morgan fingerprint density at radius 2 is 2.00 bits per heavy atom. The van der Waals surface area contributed by atoms with Crippen LogP contribution in [-0.4, -0.2) is 11.7 Å². The molecule has 3 N–H and O–H groups in total. The predicted molar refractivity (Wildman–Crippen MR) is 59.9 cm³/mol. The summed E-state index contributed by atoms with van der Waals surface area (Å²) in [5, 5.41) is 10.5. The number of nitrogens with two attached hydrogens (primary N) is 1. The Bertz CT molecular complexity index is 312. The fourth-order valence-electron chi connectivity index (χ4n) is 1.47. The fourth-order valence-corrected chi connectivity index (χ4v) is 1.73. The van der Waals surface area contributed by atoms with Crippen LogP contribution in [-0.2, 0) is 12.8 Å². The minimum atomic E-state index is 0.380. The van der Waals surface area contributed by atoms with E-state index in [0.717, 1.165) is 30.4 Å². The van der Waals surface area contributed by atoms with Crippen molar-refractivity contribution in [2.24, 2.45) is 5.73 Å². The highest BCUT2D eigenvalue weighted by Gasteiger charge is 2.07. The van der Waals surface area contributed by atoms with Gasteiger partial charge in [-0.1, -0.05) is 18.5 Å². The van der Waals surface area contributed by atoms with Crippen LogP contribution in [0.25, 0.3) is 0 Å². The lowest BCUT2D eigenvalue weighted by Crippen LogP contribution is -2.01. The zero-order chi connectivity index (χ0) is 10.6. The van der Waals surface area contributed by atoms with Gasteiger partial charge in [0.15, 0.2) is 0 Å². The molecule has 3 heteroatoms. The van der Waals surface area contributed by atoms with Gasteiger partial charge in [0.05, 0.1) is 0 Å². The van der Waals surface area contributed by atoms with Crippen LogP contribution in [0.5, 0.6) is 5.75 Å². The van der Waals surface area contributed by atoms with Gasteiger partial charge in [0.1, 0.15) is 5.75 Å². The number of hydrogen-bond acceptors (Lipinski definition) is 2. The number of rotatable bonds is 4. The third-order valence-corrected chi connectivity index (χ3v) is 2.48. The summed E-state index contributed by atoms with van der Waals surface area (Å²) in [6.07, 6.45) is 2.45. The lowest BCUT2D eigenvalue weighted by molar-refractivity contribution is 0.461. The highest BCUT2D eigenvalue weighted by atomic mass is 35.5. The van der Waals surface area contributed by atoms with Crippen molar-refractivity contribution < 1.29 is 5.11 Å². The van der Waals surface area contributed by atoms with E-state index in [4.69, 9.17) is 17.3 Å². The number of hydrogen-bond donors (Lipinski definition) is 2. The summed E-state index contributed by atoms with van der Waals surface area (Å²) >= 11 is 5.94. The molecule has 0 bridgehead atoms. The van der Waals surface area contributed by atoms with Crippen molar-refractivity contribution >= 4 is 11.6 Å². The number of phenols is 1. The van der Waals surface area contributed by atoms with Gasteiger partial charge in [0, 0.05) is 5.02 Å². The number of halogens is 1. The molecule has 0 radical (unpaired) electrons. The van der Waals surface area contributed by atoms with Crippen LogP contribution in [0.3, 0.4) is 0 Å². The molecule has 0 heterocycles. The van der Waals surface area contributed by atoms with Crippen molar-refractivity contribution in [1.82, 2.24) is 0 Å². The number of aromatic hydroxyl groups is 1. The van der Waals surface area contributed by atoms with Crippen molar-refractivity contribution in [3.8, 4) is 5.75 Å². The lowest BCUT2D eigenvalue weighted by atomic mass is 10.0. The first-order valence-corrected chi connectivity index (χ1v) is 5.27. The monoisotopic (exact) mass is 213 g/mol. The van der Waals surface area contributed by atoms with E-state index in [1.54, 1.807) is 0 Å². The minimum Gasteiger partial charge on any atom is -0.507 e. The molecule has 2 nitrogen and oxygen atoms in total. The third kappa shape index (κ3) is 2.63. The molecule has 0 spiro atoms. The van der Waals surface area contributed by atoms with Crippen molar-refractivity contribution in [3.63, 3.8) is 0 Å². The molecule has 14 heavy (non-hydrogen) atoms. The van der Waals surface area contributed by atoms with E-state index in [1.165, 1.54) is 0 Å². The molecule has 0 amide bonds. The second kappa shape index (κ2) is 5.23. The maximum absolute atomic E-state index is 9.84. The Morgan fingerprint density at radius 3 is 2.57 bits per heavy atom. The maximum atomic E-state index is 9.84. The van der Waals surface area contributed by atoms with Crippen LogP contribution in [0.15, 0.2) is 12.1 Å². The van der Waals surface area contributed by atoms with Gasteiger partial charge in [-0.2, -0.15) is 0 Å². The maximum Gasteiger partial charge on any atom is 0.122 e. The Balaban J connectivity index is 2.96. The molecule has 1 aromatic carbocycles. The minimum absolute atomic E-state index is 0.380. The average Bonchev–Trinajstić information content (AvgIpc) is 2.18. The molecule has 0 aliphatic rings. The van der Waals surface area contributed by atoms with Crippen LogP contribution >= 0.6 is 11.6 Å². The van der Waals surface area contributed by atoms with Gasteiger partial charge in [-0.3, -0.25) is 0 Å². The standard InChI is InChI=1S/C11H16ClNO/c1-2-8-6-10(12)7-9(11(8)14)4-3-5-13/h6-7,14H,2-5,13H2,1H3. The topological polar surface area (TPSA) is 46.2 Å². The van der Waals surface area contributed by atoms with E-state index in [9.17, 15) is 5.11 Å². The van der Waals surface area contributed by atoms with Gasteiger partial charge in [0.2, 0.25) is 0 Å². The second-order valence-electron chi connectivity index (χ2n) is 3.32. The summed E-state index contributed by atoms with van der Waals surface area (Å²) in [6, 6.07) is 3.62. The Kier molecular flexibility index (Phi) is 4.23. The molecule has 78 valence electrons. The molecule has 1 aromatic rings. The number of benzene rings is 1. The van der Waals surface area contributed by atoms with E-state index in [0.29, 0.717) is 17.3 Å². The summed E-state index contributed by atoms with van der Waals surface area (Å²) in [6.45, 7) is 2.63. The Labute approximate surface area is 89.7 Å². The fraction of sp³-hybridized carbons (Fsp3) is 0.455. The smallest absolute Gasteiger partial charge is 0.122 e. The van der Waals surface area contributed by atoms with E-state index in [-0.39, 0.29) is 0 Å². The highest BCUT2D eigenvalue weighted by molar-refractivity contribution is 6.30. The summed E-state index contributed by atoms with van der Waals surface area (Å²) in [4.78, 5) is 0. The van der Waals surface area contributed by atoms with Gasteiger partial charge in [-0.15, -0.1) is 0 Å². The molecule has 0 aliphatic carbocycles. The van der Waals surface area contributed by atoms with Crippen LogP contribution in [0.4, 0.5) is 0 Å². The van der Waals surface area contributed by atoms with Gasteiger partial charge in [-0.05, 0) is 49.1 Å². The van der Waals surface area contributed by atoms with E-state index in [2.05, 4.69) is 0 Å².